The van der Waals surface area contributed by atoms with Crippen LogP contribution in [0.4, 0.5) is 0 Å². The molecule has 1 fully saturated rings. The fourth-order valence-electron chi connectivity index (χ4n) is 8.26. The highest BCUT2D eigenvalue weighted by atomic mass is 16.7. The molecule has 7 atom stereocenters. The number of carbonyl (C=O) groups is 6. The van der Waals surface area contributed by atoms with E-state index in [1.807, 2.05) is 0 Å². The predicted molar refractivity (Wildman–Crippen MR) is 246 cm³/mol. The van der Waals surface area contributed by atoms with Gasteiger partial charge in [0.05, 0.1) is 12.6 Å². The minimum absolute atomic E-state index is 0.221. The third-order valence-corrected chi connectivity index (χ3v) is 11.6. The van der Waals surface area contributed by atoms with Crippen molar-refractivity contribution in [3.05, 3.63) is 0 Å². The molecular weight excluding hydrogens is 823 g/mol. The van der Waals surface area contributed by atoms with Crippen molar-refractivity contribution in [3.63, 3.8) is 0 Å². The van der Waals surface area contributed by atoms with Crippen molar-refractivity contribution in [2.45, 2.75) is 271 Å². The maximum Gasteiger partial charge on any atom is 0.303 e. The Morgan fingerprint density at radius 2 is 0.891 bits per heavy atom. The molecule has 0 bridgehead atoms. The summed E-state index contributed by atoms with van der Waals surface area (Å²) < 4.78 is 40.1. The second-order valence-corrected chi connectivity index (χ2v) is 17.7. The number of rotatable bonds is 39. The van der Waals surface area contributed by atoms with E-state index >= 15 is 0 Å². The molecule has 14 heteroatoms. The molecule has 0 spiro atoms. The highest BCUT2D eigenvalue weighted by Gasteiger charge is 2.53. The minimum Gasteiger partial charge on any atom is -0.463 e. The van der Waals surface area contributed by atoms with Crippen LogP contribution in [0.5, 0.6) is 0 Å². The summed E-state index contributed by atoms with van der Waals surface area (Å²) in [6.07, 6.45) is 24.0. The summed E-state index contributed by atoms with van der Waals surface area (Å²) in [5, 5.41) is 3.06. The highest BCUT2D eigenvalue weighted by Crippen LogP contribution is 2.30. The molecule has 64 heavy (non-hydrogen) atoms. The lowest BCUT2D eigenvalue weighted by atomic mass is 9.98. The Balaban J connectivity index is 3.06. The van der Waals surface area contributed by atoms with Gasteiger partial charge in [0, 0.05) is 41.0 Å². The zero-order chi connectivity index (χ0) is 47.4. The standard InChI is InChI=1S/C50H89NO13/c1-8-10-12-14-16-18-20-21-22-23-25-27-29-31-33-35-46(57)51-43(44(60-39(4)53)34-32-30-28-26-24-19-17-15-13-11-9-2)36-59-50-49(63-42(7)56)48(62-41(6)55)47(61-40(5)54)45(64-50)37-58-38(3)52/h43-45,47-50H,8-37H2,1-7H3,(H,51,57)/t43-,44+,45+,47-,48-,49+,50+/m0/s1. The first-order valence-electron chi connectivity index (χ1n) is 25.2. The van der Waals surface area contributed by atoms with Crippen LogP contribution in [0.25, 0.3) is 0 Å². The summed E-state index contributed by atoms with van der Waals surface area (Å²) in [4.78, 5) is 74.9. The third-order valence-electron chi connectivity index (χ3n) is 11.6. The van der Waals surface area contributed by atoms with Gasteiger partial charge in [-0.15, -0.1) is 0 Å². The van der Waals surface area contributed by atoms with Gasteiger partial charge in [0.25, 0.3) is 0 Å². The maximum atomic E-state index is 13.6. The van der Waals surface area contributed by atoms with Crippen LogP contribution < -0.4 is 5.32 Å². The molecule has 0 aromatic heterocycles. The zero-order valence-corrected chi connectivity index (χ0v) is 41.1. The average molecular weight is 912 g/mol. The van der Waals surface area contributed by atoms with E-state index in [1.54, 1.807) is 0 Å². The van der Waals surface area contributed by atoms with E-state index in [4.69, 9.17) is 33.2 Å². The van der Waals surface area contributed by atoms with Crippen LogP contribution in [0, 0.1) is 0 Å². The van der Waals surface area contributed by atoms with Crippen molar-refractivity contribution in [2.24, 2.45) is 0 Å². The van der Waals surface area contributed by atoms with Gasteiger partial charge >= 0.3 is 29.8 Å². The number of esters is 5. The van der Waals surface area contributed by atoms with E-state index in [2.05, 4.69) is 19.2 Å². The van der Waals surface area contributed by atoms with Crippen molar-refractivity contribution >= 4 is 35.8 Å². The quantitative estimate of drug-likeness (QED) is 0.0350. The maximum absolute atomic E-state index is 13.6. The topological polar surface area (TPSA) is 179 Å². The van der Waals surface area contributed by atoms with Crippen LogP contribution in [0.2, 0.25) is 0 Å². The summed E-state index contributed by atoms with van der Waals surface area (Å²) in [7, 11) is 0. The van der Waals surface area contributed by atoms with Crippen LogP contribution in [0.1, 0.15) is 228 Å². The van der Waals surface area contributed by atoms with Gasteiger partial charge in [0.15, 0.2) is 24.6 Å². The molecule has 1 heterocycles. The number of ether oxygens (including phenoxy) is 7. The second-order valence-electron chi connectivity index (χ2n) is 17.7. The molecular formula is C50H89NO13. The van der Waals surface area contributed by atoms with Crippen LogP contribution in [0.15, 0.2) is 0 Å². The van der Waals surface area contributed by atoms with Crippen LogP contribution in [-0.4, -0.2) is 91.8 Å². The van der Waals surface area contributed by atoms with Crippen molar-refractivity contribution in [3.8, 4) is 0 Å². The Kier molecular flexibility index (Phi) is 34.8. The molecule has 1 rings (SSSR count). The van der Waals surface area contributed by atoms with E-state index in [-0.39, 0.29) is 18.9 Å². The van der Waals surface area contributed by atoms with Crippen molar-refractivity contribution < 1.29 is 61.9 Å². The van der Waals surface area contributed by atoms with E-state index in [1.165, 1.54) is 129 Å². The smallest absolute Gasteiger partial charge is 0.303 e. The summed E-state index contributed by atoms with van der Waals surface area (Å²) in [5.41, 5.74) is 0. The molecule has 14 nitrogen and oxygen atoms in total. The lowest BCUT2D eigenvalue weighted by Gasteiger charge is -2.44. The number of carbonyl (C=O) groups excluding carboxylic acids is 6. The average Bonchev–Trinajstić information content (AvgIpc) is 3.22. The summed E-state index contributed by atoms with van der Waals surface area (Å²) in [6, 6.07) is -0.831. The fraction of sp³-hybridized carbons (Fsp3) is 0.880. The Labute approximate surface area is 386 Å². The molecule has 0 aromatic rings. The van der Waals surface area contributed by atoms with Crippen LogP contribution in [0.3, 0.4) is 0 Å². The SMILES string of the molecule is CCCCCCCCCCCCCCCCCC(=O)N[C@@H](CO[C@@H]1O[C@H](COC(C)=O)[C@H](OC(C)=O)[C@H](OC(C)=O)[C@H]1OC(C)=O)[C@@H](CCCCCCCCCCCCC)OC(C)=O. The Hall–Kier alpha value is -3.26. The van der Waals surface area contributed by atoms with Gasteiger partial charge in [-0.2, -0.15) is 0 Å². The third kappa shape index (κ3) is 30.0. The van der Waals surface area contributed by atoms with Gasteiger partial charge in [0.2, 0.25) is 5.91 Å². The largest absolute Gasteiger partial charge is 0.463 e. The van der Waals surface area contributed by atoms with Crippen molar-refractivity contribution in [2.75, 3.05) is 13.2 Å². The number of amides is 1. The molecule has 1 amide bonds. The first-order valence-corrected chi connectivity index (χ1v) is 25.2. The van der Waals surface area contributed by atoms with E-state index in [9.17, 15) is 28.8 Å². The molecule has 0 saturated carbocycles. The van der Waals surface area contributed by atoms with Crippen LogP contribution >= 0.6 is 0 Å². The van der Waals surface area contributed by atoms with E-state index < -0.39 is 79.3 Å². The predicted octanol–water partition coefficient (Wildman–Crippen LogP) is 10.5. The number of nitrogens with one attached hydrogen (secondary N) is 1. The summed E-state index contributed by atoms with van der Waals surface area (Å²) in [5.74, 6) is -3.65. The Morgan fingerprint density at radius 1 is 0.484 bits per heavy atom. The van der Waals surface area contributed by atoms with Crippen molar-refractivity contribution in [1.82, 2.24) is 5.32 Å². The summed E-state index contributed by atoms with van der Waals surface area (Å²) in [6.45, 7) is 9.76. The number of hydrogen-bond donors (Lipinski definition) is 1. The zero-order valence-electron chi connectivity index (χ0n) is 41.1. The monoisotopic (exact) mass is 912 g/mol. The molecule has 1 saturated heterocycles. The molecule has 0 unspecified atom stereocenters. The van der Waals surface area contributed by atoms with Crippen molar-refractivity contribution in [1.29, 1.82) is 0 Å². The first-order chi connectivity index (χ1) is 30.8. The van der Waals surface area contributed by atoms with E-state index in [0.717, 1.165) is 65.7 Å². The Morgan fingerprint density at radius 3 is 1.31 bits per heavy atom. The number of unbranched alkanes of at least 4 members (excludes halogenated alkanes) is 24. The number of hydrogen-bond acceptors (Lipinski definition) is 13. The molecule has 1 aliphatic rings. The summed E-state index contributed by atoms with van der Waals surface area (Å²) >= 11 is 0. The van der Waals surface area contributed by atoms with Gasteiger partial charge in [-0.05, 0) is 19.3 Å². The van der Waals surface area contributed by atoms with Gasteiger partial charge in [-0.1, -0.05) is 168 Å². The van der Waals surface area contributed by atoms with Gasteiger partial charge in [0.1, 0.15) is 18.8 Å². The molecule has 1 N–H and O–H groups in total. The fourth-order valence-corrected chi connectivity index (χ4v) is 8.26. The Bertz CT molecular complexity index is 1280. The lowest BCUT2D eigenvalue weighted by Crippen LogP contribution is -2.63. The molecule has 1 aliphatic heterocycles. The van der Waals surface area contributed by atoms with Gasteiger partial charge < -0.3 is 38.5 Å². The van der Waals surface area contributed by atoms with Gasteiger partial charge in [-0.3, -0.25) is 28.8 Å². The normalized spacial score (nSPS) is 19.3. The van der Waals surface area contributed by atoms with Gasteiger partial charge in [-0.25, -0.2) is 0 Å². The van der Waals surface area contributed by atoms with Crippen LogP contribution in [-0.2, 0) is 61.9 Å². The van der Waals surface area contributed by atoms with E-state index in [0.29, 0.717) is 12.8 Å². The second kappa shape index (κ2) is 37.9. The molecule has 0 radical (unpaired) electrons. The minimum atomic E-state index is -1.45. The molecule has 372 valence electrons. The molecule has 0 aliphatic carbocycles. The highest BCUT2D eigenvalue weighted by molar-refractivity contribution is 5.76. The molecule has 0 aromatic carbocycles. The first kappa shape index (κ1) is 58.8. The lowest BCUT2D eigenvalue weighted by molar-refractivity contribution is -0.309.